The van der Waals surface area contributed by atoms with Gasteiger partial charge < -0.3 is 28.4 Å². The average molecular weight is 463 g/mol. The van der Waals surface area contributed by atoms with Crippen molar-refractivity contribution < 1.29 is 47.6 Å². The van der Waals surface area contributed by atoms with Gasteiger partial charge in [-0.05, 0) is 5.56 Å². The van der Waals surface area contributed by atoms with Crippen LogP contribution in [-0.2, 0) is 47.6 Å². The Bertz CT molecular complexity index is 896. The normalized spacial score (nSPS) is 25.1. The fourth-order valence-electron chi connectivity index (χ4n) is 3.24. The maximum absolute atomic E-state index is 11.8. The second kappa shape index (κ2) is 11.9. The van der Waals surface area contributed by atoms with E-state index in [9.17, 15) is 24.4 Å². The first-order valence-electron chi connectivity index (χ1n) is 10.0. The number of hydrogen-bond donors (Lipinski definition) is 0. The molecule has 0 N–H and O–H groups in total. The minimum absolute atomic E-state index is 0.389. The molecule has 1 saturated heterocycles. The van der Waals surface area contributed by atoms with Crippen LogP contribution in [0.3, 0.4) is 0 Å². The highest BCUT2D eigenvalue weighted by molar-refractivity contribution is 5.68. The molecule has 2 rings (SSSR count). The van der Waals surface area contributed by atoms with E-state index in [1.165, 1.54) is 6.92 Å². The van der Waals surface area contributed by atoms with Gasteiger partial charge in [0, 0.05) is 27.7 Å². The number of hydrogen-bond acceptors (Lipinski definition) is 11. The summed E-state index contributed by atoms with van der Waals surface area (Å²) in [5, 5.41) is 9.64. The molecule has 33 heavy (non-hydrogen) atoms. The third-order valence-corrected chi connectivity index (χ3v) is 4.44. The van der Waals surface area contributed by atoms with Crippen LogP contribution in [0.5, 0.6) is 0 Å². The number of rotatable bonds is 8. The highest BCUT2D eigenvalue weighted by Gasteiger charge is 2.53. The highest BCUT2D eigenvalue weighted by atomic mass is 16.7. The van der Waals surface area contributed by atoms with Crippen molar-refractivity contribution in [3.63, 3.8) is 0 Å². The summed E-state index contributed by atoms with van der Waals surface area (Å²) in [5.74, 6) is -2.90. The van der Waals surface area contributed by atoms with Crippen LogP contribution in [0.15, 0.2) is 30.3 Å². The van der Waals surface area contributed by atoms with Gasteiger partial charge in [0.15, 0.2) is 24.4 Å². The van der Waals surface area contributed by atoms with Crippen molar-refractivity contribution in [3.05, 3.63) is 35.9 Å². The quantitative estimate of drug-likeness (QED) is 0.406. The Hall–Kier alpha value is -3.49. The first-order valence-corrected chi connectivity index (χ1v) is 10.0. The van der Waals surface area contributed by atoms with Crippen LogP contribution < -0.4 is 0 Å². The van der Waals surface area contributed by atoms with E-state index in [1.54, 1.807) is 30.3 Å². The summed E-state index contributed by atoms with van der Waals surface area (Å²) in [7, 11) is 0. The van der Waals surface area contributed by atoms with Crippen molar-refractivity contribution in [1.82, 2.24) is 0 Å². The van der Waals surface area contributed by atoms with Gasteiger partial charge in [-0.15, -0.1) is 0 Å². The monoisotopic (exact) mass is 463 g/mol. The van der Waals surface area contributed by atoms with Crippen molar-refractivity contribution in [2.45, 2.75) is 64.5 Å². The summed E-state index contributed by atoms with van der Waals surface area (Å²) >= 11 is 0. The van der Waals surface area contributed by atoms with Gasteiger partial charge in [0.05, 0.1) is 6.07 Å². The van der Waals surface area contributed by atoms with Crippen LogP contribution >= 0.6 is 0 Å². The molecule has 1 heterocycles. The molecule has 3 unspecified atom stereocenters. The molecule has 11 nitrogen and oxygen atoms in total. The molecule has 1 aromatic carbocycles. The van der Waals surface area contributed by atoms with Crippen molar-refractivity contribution >= 4 is 23.9 Å². The fourth-order valence-corrected chi connectivity index (χ4v) is 3.24. The van der Waals surface area contributed by atoms with Crippen LogP contribution in [-0.4, -0.2) is 61.2 Å². The molecule has 178 valence electrons. The summed E-state index contributed by atoms with van der Waals surface area (Å²) in [6.07, 6.45) is -7.81. The summed E-state index contributed by atoms with van der Waals surface area (Å²) in [6, 6.07) is 10.5. The third-order valence-electron chi connectivity index (χ3n) is 4.44. The first kappa shape index (κ1) is 25.8. The van der Waals surface area contributed by atoms with Crippen molar-refractivity contribution in [3.8, 4) is 6.07 Å². The second-order valence-corrected chi connectivity index (χ2v) is 7.12. The van der Waals surface area contributed by atoms with E-state index in [4.69, 9.17) is 28.4 Å². The van der Waals surface area contributed by atoms with Gasteiger partial charge >= 0.3 is 23.9 Å². The van der Waals surface area contributed by atoms with E-state index in [0.29, 0.717) is 5.56 Å². The van der Waals surface area contributed by atoms with E-state index in [-0.39, 0.29) is 6.61 Å². The molecule has 0 aliphatic carbocycles. The lowest BCUT2D eigenvalue weighted by Crippen LogP contribution is -2.63. The number of benzene rings is 1. The lowest BCUT2D eigenvalue weighted by molar-refractivity contribution is -0.314. The summed E-state index contributed by atoms with van der Waals surface area (Å²) in [4.78, 5) is 46.8. The Labute approximate surface area is 190 Å². The van der Waals surface area contributed by atoms with E-state index < -0.39 is 60.7 Å². The number of esters is 4. The Morgan fingerprint density at radius 3 is 1.94 bits per heavy atom. The highest BCUT2D eigenvalue weighted by Crippen LogP contribution is 2.32. The minimum atomic E-state index is -1.43. The van der Waals surface area contributed by atoms with Gasteiger partial charge in [0.1, 0.15) is 12.7 Å². The van der Waals surface area contributed by atoms with Crippen molar-refractivity contribution in [1.29, 1.82) is 5.26 Å². The molecule has 0 amide bonds. The Morgan fingerprint density at radius 2 is 1.42 bits per heavy atom. The molecule has 0 radical (unpaired) electrons. The third kappa shape index (κ3) is 7.55. The molecular formula is C22H25NO10. The van der Waals surface area contributed by atoms with E-state index in [2.05, 4.69) is 0 Å². The summed E-state index contributed by atoms with van der Waals surface area (Å²) < 4.78 is 32.6. The number of nitrogens with zero attached hydrogens (tertiary/aromatic N) is 1. The van der Waals surface area contributed by atoms with E-state index in [0.717, 1.165) is 20.8 Å². The van der Waals surface area contributed by atoms with Gasteiger partial charge in [0.2, 0.25) is 6.29 Å². The van der Waals surface area contributed by atoms with Crippen LogP contribution in [0.4, 0.5) is 0 Å². The molecule has 6 atom stereocenters. The average Bonchev–Trinajstić information content (AvgIpc) is 2.74. The first-order chi connectivity index (χ1) is 15.6. The van der Waals surface area contributed by atoms with Crippen LogP contribution in [0.2, 0.25) is 0 Å². The zero-order valence-corrected chi connectivity index (χ0v) is 18.6. The fraction of sp³-hybridized carbons (Fsp3) is 0.500. The van der Waals surface area contributed by atoms with E-state index >= 15 is 0 Å². The molecule has 0 aromatic heterocycles. The Kier molecular flexibility index (Phi) is 9.32. The molecule has 11 heteroatoms. The molecular weight excluding hydrogens is 438 g/mol. The predicted octanol–water partition coefficient (Wildman–Crippen LogP) is 1.35. The lowest BCUT2D eigenvalue weighted by atomic mass is 9.98. The van der Waals surface area contributed by atoms with Gasteiger partial charge in [-0.2, -0.15) is 5.26 Å². The molecule has 0 saturated carbocycles. The van der Waals surface area contributed by atoms with Crippen LogP contribution in [0.25, 0.3) is 0 Å². The zero-order valence-electron chi connectivity index (χ0n) is 18.6. The zero-order chi connectivity index (χ0) is 24.5. The Balaban J connectivity index is 2.46. The molecule has 1 aromatic rings. The maximum Gasteiger partial charge on any atom is 0.303 e. The van der Waals surface area contributed by atoms with Gasteiger partial charge in [-0.25, -0.2) is 0 Å². The summed E-state index contributed by atoms with van der Waals surface area (Å²) in [6.45, 7) is 4.14. The number of ether oxygens (including phenoxy) is 6. The topological polar surface area (TPSA) is 147 Å². The Morgan fingerprint density at radius 1 is 0.879 bits per heavy atom. The standard InChI is InChI=1S/C22H25NO10/c1-12(24)28-11-18-19(29-13(2)25)20(30-14(3)26)21(31-15(4)27)22(33-18)32-17(10-23)16-8-6-5-7-9-16/h5-9,17-22H,11H2,1-4H3/t17-,18?,19+,20?,21?,22+/m0/s1. The molecule has 0 spiro atoms. The molecule has 1 fully saturated rings. The lowest BCUT2D eigenvalue weighted by Gasteiger charge is -2.44. The number of carbonyl (C=O) groups is 4. The van der Waals surface area contributed by atoms with Crippen LogP contribution in [0.1, 0.15) is 39.4 Å². The molecule has 1 aliphatic rings. The largest absolute Gasteiger partial charge is 0.463 e. The molecule has 1 aliphatic heterocycles. The van der Waals surface area contributed by atoms with Gasteiger partial charge in [0.25, 0.3) is 0 Å². The predicted molar refractivity (Wildman–Crippen MR) is 108 cm³/mol. The van der Waals surface area contributed by atoms with E-state index in [1.807, 2.05) is 6.07 Å². The van der Waals surface area contributed by atoms with Crippen molar-refractivity contribution in [2.24, 2.45) is 0 Å². The van der Waals surface area contributed by atoms with Gasteiger partial charge in [-0.3, -0.25) is 19.2 Å². The number of carbonyl (C=O) groups excluding carboxylic acids is 4. The number of nitriles is 1. The molecule has 0 bridgehead atoms. The van der Waals surface area contributed by atoms with Crippen LogP contribution in [0, 0.1) is 11.3 Å². The second-order valence-electron chi connectivity index (χ2n) is 7.12. The smallest absolute Gasteiger partial charge is 0.303 e. The van der Waals surface area contributed by atoms with Gasteiger partial charge in [-0.1, -0.05) is 30.3 Å². The maximum atomic E-state index is 11.8. The van der Waals surface area contributed by atoms with Crippen molar-refractivity contribution in [2.75, 3.05) is 6.61 Å². The minimum Gasteiger partial charge on any atom is -0.463 e. The summed E-state index contributed by atoms with van der Waals surface area (Å²) in [5.41, 5.74) is 0.493. The SMILES string of the molecule is CC(=O)OCC1O[C@@H](O[C@@H](C#N)c2ccccc2)C(OC(C)=O)C(OC(C)=O)[C@@H]1OC(C)=O.